The SMILES string of the molecule is Cc1nn(C)c(C)c1S(=O)(=O)NCCn1nc(C2CC2)cc1C1CC1. The second kappa shape index (κ2) is 5.95. The van der Waals surface area contributed by atoms with Crippen LogP contribution in [-0.2, 0) is 23.6 Å². The molecule has 2 fully saturated rings. The van der Waals surface area contributed by atoms with E-state index in [2.05, 4.69) is 15.9 Å². The van der Waals surface area contributed by atoms with Crippen molar-refractivity contribution < 1.29 is 8.42 Å². The van der Waals surface area contributed by atoms with Gasteiger partial charge in [-0.15, -0.1) is 0 Å². The molecule has 0 saturated heterocycles. The smallest absolute Gasteiger partial charge is 0.244 e. The van der Waals surface area contributed by atoms with Gasteiger partial charge in [0.05, 0.1) is 23.6 Å². The summed E-state index contributed by atoms with van der Waals surface area (Å²) < 4.78 is 31.6. The van der Waals surface area contributed by atoms with Crippen molar-refractivity contribution in [1.29, 1.82) is 0 Å². The van der Waals surface area contributed by atoms with E-state index in [1.807, 2.05) is 4.68 Å². The van der Waals surface area contributed by atoms with Crippen molar-refractivity contribution >= 4 is 10.0 Å². The average molecular weight is 363 g/mol. The Hall–Kier alpha value is -1.67. The van der Waals surface area contributed by atoms with Gasteiger partial charge in [-0.05, 0) is 45.6 Å². The fourth-order valence-corrected chi connectivity index (χ4v) is 4.87. The largest absolute Gasteiger partial charge is 0.271 e. The molecule has 7 nitrogen and oxygen atoms in total. The molecule has 2 saturated carbocycles. The highest BCUT2D eigenvalue weighted by Gasteiger charge is 2.32. The molecule has 0 spiro atoms. The van der Waals surface area contributed by atoms with E-state index in [1.54, 1.807) is 25.6 Å². The van der Waals surface area contributed by atoms with Crippen molar-refractivity contribution in [2.75, 3.05) is 6.54 Å². The lowest BCUT2D eigenvalue weighted by molar-refractivity contribution is 0.547. The average Bonchev–Trinajstić information content (AvgIpc) is 3.45. The standard InChI is InChI=1S/C17H25N5O2S/c1-11-17(12(2)21(3)19-11)25(23,24)18-8-9-22-16(14-6-7-14)10-15(20-22)13-4-5-13/h10,13-14,18H,4-9H2,1-3H3. The fraction of sp³-hybridized carbons (Fsp3) is 0.647. The molecule has 136 valence electrons. The third-order valence-electron chi connectivity index (χ3n) is 5.15. The van der Waals surface area contributed by atoms with Gasteiger partial charge in [0, 0.05) is 31.1 Å². The van der Waals surface area contributed by atoms with Gasteiger partial charge in [-0.1, -0.05) is 0 Å². The summed E-state index contributed by atoms with van der Waals surface area (Å²) in [6.45, 7) is 4.40. The molecule has 2 aromatic rings. The summed E-state index contributed by atoms with van der Waals surface area (Å²) in [5.74, 6) is 1.23. The molecule has 25 heavy (non-hydrogen) atoms. The normalized spacial score (nSPS) is 18.0. The number of hydrogen-bond donors (Lipinski definition) is 1. The second-order valence-corrected chi connectivity index (χ2v) is 8.99. The molecule has 0 atom stereocenters. The van der Waals surface area contributed by atoms with Crippen LogP contribution in [0, 0.1) is 13.8 Å². The van der Waals surface area contributed by atoms with Gasteiger partial charge in [-0.2, -0.15) is 10.2 Å². The zero-order chi connectivity index (χ0) is 17.8. The van der Waals surface area contributed by atoms with Gasteiger partial charge in [-0.25, -0.2) is 13.1 Å². The van der Waals surface area contributed by atoms with Gasteiger partial charge in [0.25, 0.3) is 0 Å². The Balaban J connectivity index is 1.47. The summed E-state index contributed by atoms with van der Waals surface area (Å²) in [6, 6.07) is 2.24. The van der Waals surface area contributed by atoms with E-state index < -0.39 is 10.0 Å². The third-order valence-corrected chi connectivity index (χ3v) is 6.86. The van der Waals surface area contributed by atoms with E-state index in [9.17, 15) is 8.42 Å². The van der Waals surface area contributed by atoms with Crippen molar-refractivity contribution in [2.45, 2.75) is 62.8 Å². The summed E-state index contributed by atoms with van der Waals surface area (Å²) in [6.07, 6.45) is 4.89. The first-order valence-electron chi connectivity index (χ1n) is 8.94. The Morgan fingerprint density at radius 3 is 2.40 bits per heavy atom. The van der Waals surface area contributed by atoms with E-state index in [0.717, 1.165) is 0 Å². The van der Waals surface area contributed by atoms with Gasteiger partial charge in [-0.3, -0.25) is 9.36 Å². The minimum Gasteiger partial charge on any atom is -0.271 e. The maximum Gasteiger partial charge on any atom is 0.244 e. The Morgan fingerprint density at radius 1 is 1.16 bits per heavy atom. The third kappa shape index (κ3) is 3.25. The van der Waals surface area contributed by atoms with E-state index in [1.165, 1.54) is 37.1 Å². The number of sulfonamides is 1. The molecule has 2 aliphatic carbocycles. The summed E-state index contributed by atoms with van der Waals surface area (Å²) >= 11 is 0. The number of hydrogen-bond acceptors (Lipinski definition) is 4. The maximum atomic E-state index is 12.6. The summed E-state index contributed by atoms with van der Waals surface area (Å²) in [4.78, 5) is 0.288. The Kier molecular flexibility index (Phi) is 3.99. The first-order valence-corrected chi connectivity index (χ1v) is 10.4. The number of rotatable bonds is 7. The summed E-state index contributed by atoms with van der Waals surface area (Å²) in [7, 11) is -1.80. The van der Waals surface area contributed by atoms with Crippen molar-refractivity contribution in [1.82, 2.24) is 24.3 Å². The molecule has 0 amide bonds. The molecular weight excluding hydrogens is 338 g/mol. The number of aryl methyl sites for hydroxylation is 2. The predicted octanol–water partition coefficient (Wildman–Crippen LogP) is 1.97. The monoisotopic (exact) mass is 363 g/mol. The van der Waals surface area contributed by atoms with E-state index in [4.69, 9.17) is 5.10 Å². The van der Waals surface area contributed by atoms with E-state index >= 15 is 0 Å². The van der Waals surface area contributed by atoms with Crippen LogP contribution in [0.2, 0.25) is 0 Å². The van der Waals surface area contributed by atoms with Gasteiger partial charge < -0.3 is 0 Å². The quantitative estimate of drug-likeness (QED) is 0.815. The van der Waals surface area contributed by atoms with Crippen LogP contribution in [0.25, 0.3) is 0 Å². The highest BCUT2D eigenvalue weighted by Crippen LogP contribution is 2.44. The molecule has 1 N–H and O–H groups in total. The van der Waals surface area contributed by atoms with Crippen LogP contribution in [0.4, 0.5) is 0 Å². The molecule has 2 aliphatic rings. The van der Waals surface area contributed by atoms with Crippen LogP contribution in [0.15, 0.2) is 11.0 Å². The molecule has 8 heteroatoms. The van der Waals surface area contributed by atoms with Crippen LogP contribution < -0.4 is 4.72 Å². The molecule has 0 aliphatic heterocycles. The lowest BCUT2D eigenvalue weighted by Crippen LogP contribution is -2.29. The molecular formula is C17H25N5O2S. The molecule has 2 heterocycles. The zero-order valence-electron chi connectivity index (χ0n) is 15.0. The summed E-state index contributed by atoms with van der Waals surface area (Å²) in [5, 5.41) is 8.93. The number of nitrogens with zero attached hydrogens (tertiary/aromatic N) is 4. The van der Waals surface area contributed by atoms with Crippen LogP contribution in [0.1, 0.15) is 60.3 Å². The van der Waals surface area contributed by atoms with Gasteiger partial charge in [0.2, 0.25) is 10.0 Å². The Labute approximate surface area is 148 Å². The fourth-order valence-electron chi connectivity index (χ4n) is 3.42. The van der Waals surface area contributed by atoms with Crippen LogP contribution in [-0.4, -0.2) is 34.5 Å². The van der Waals surface area contributed by atoms with Crippen molar-refractivity contribution in [3.05, 3.63) is 28.8 Å². The van der Waals surface area contributed by atoms with Crippen molar-refractivity contribution in [3.8, 4) is 0 Å². The molecule has 0 aromatic carbocycles. The maximum absolute atomic E-state index is 12.6. The van der Waals surface area contributed by atoms with Crippen molar-refractivity contribution in [3.63, 3.8) is 0 Å². The topological polar surface area (TPSA) is 81.8 Å². The molecule has 0 radical (unpaired) electrons. The predicted molar refractivity (Wildman–Crippen MR) is 94.0 cm³/mol. The van der Waals surface area contributed by atoms with Crippen LogP contribution >= 0.6 is 0 Å². The highest BCUT2D eigenvalue weighted by molar-refractivity contribution is 7.89. The molecule has 2 aromatic heterocycles. The van der Waals surface area contributed by atoms with Crippen molar-refractivity contribution in [2.24, 2.45) is 7.05 Å². The Morgan fingerprint density at radius 2 is 1.84 bits per heavy atom. The summed E-state index contributed by atoms with van der Waals surface area (Å²) in [5.41, 5.74) is 3.64. The van der Waals surface area contributed by atoms with Crippen LogP contribution in [0.5, 0.6) is 0 Å². The Bertz CT molecular complexity index is 904. The lowest BCUT2D eigenvalue weighted by Gasteiger charge is -2.09. The molecule has 0 unspecified atom stereocenters. The van der Waals surface area contributed by atoms with Gasteiger partial charge in [0.1, 0.15) is 4.90 Å². The number of aromatic nitrogens is 4. The minimum atomic E-state index is -3.56. The highest BCUT2D eigenvalue weighted by atomic mass is 32.2. The zero-order valence-corrected chi connectivity index (χ0v) is 15.8. The second-order valence-electron chi connectivity index (χ2n) is 7.29. The lowest BCUT2D eigenvalue weighted by atomic mass is 10.2. The first kappa shape index (κ1) is 16.8. The number of nitrogens with one attached hydrogen (secondary N) is 1. The molecule has 4 rings (SSSR count). The van der Waals surface area contributed by atoms with Gasteiger partial charge in [0.15, 0.2) is 0 Å². The van der Waals surface area contributed by atoms with Gasteiger partial charge >= 0.3 is 0 Å². The minimum absolute atomic E-state index is 0.288. The first-order chi connectivity index (χ1) is 11.9. The van der Waals surface area contributed by atoms with E-state index in [-0.39, 0.29) is 4.90 Å². The molecule has 0 bridgehead atoms. The van der Waals surface area contributed by atoms with Crippen LogP contribution in [0.3, 0.4) is 0 Å². The van der Waals surface area contributed by atoms with E-state index in [0.29, 0.717) is 36.3 Å².